The predicted octanol–water partition coefficient (Wildman–Crippen LogP) is 1.78. The number of amides is 3. The lowest BCUT2D eigenvalue weighted by molar-refractivity contribution is 0.0599. The van der Waals surface area contributed by atoms with Crippen LogP contribution in [0.3, 0.4) is 0 Å². The molecule has 1 N–H and O–H groups in total. The van der Waals surface area contributed by atoms with Gasteiger partial charge in [0.15, 0.2) is 0 Å². The Bertz CT molecular complexity index is 594. The third kappa shape index (κ3) is 4.37. The molecule has 0 radical (unpaired) electrons. The second kappa shape index (κ2) is 8.19. The average Bonchev–Trinajstić information content (AvgIpc) is 2.61. The second-order valence-electron chi connectivity index (χ2n) is 5.17. The van der Waals surface area contributed by atoms with Crippen molar-refractivity contribution >= 4 is 23.8 Å². The summed E-state index contributed by atoms with van der Waals surface area (Å²) in [6.45, 7) is 3.82. The zero-order valence-electron chi connectivity index (χ0n) is 13.8. The number of hydrogen-bond acceptors (Lipinski definition) is 5. The van der Waals surface area contributed by atoms with E-state index in [1.165, 1.54) is 7.11 Å². The van der Waals surface area contributed by atoms with E-state index in [9.17, 15) is 14.4 Å². The first-order valence-electron chi connectivity index (χ1n) is 7.71. The summed E-state index contributed by atoms with van der Waals surface area (Å²) in [5.74, 6) is -0.109. The molecule has 0 aliphatic carbocycles. The highest BCUT2D eigenvalue weighted by atomic mass is 16.5. The minimum atomic E-state index is -0.532. The first kappa shape index (κ1) is 17.6. The fraction of sp³-hybridized carbons (Fsp3) is 0.438. The summed E-state index contributed by atoms with van der Waals surface area (Å²) in [4.78, 5) is 38.5. The molecule has 1 aromatic carbocycles. The Labute approximate surface area is 140 Å². The molecule has 3 amide bonds. The number of nitrogens with zero attached hydrogens (tertiary/aromatic N) is 2. The van der Waals surface area contributed by atoms with E-state index in [1.807, 2.05) is 0 Å². The van der Waals surface area contributed by atoms with Crippen molar-refractivity contribution in [3.8, 4) is 0 Å². The van der Waals surface area contributed by atoms with Gasteiger partial charge >= 0.3 is 12.2 Å². The van der Waals surface area contributed by atoms with Crippen molar-refractivity contribution in [1.29, 1.82) is 0 Å². The minimum Gasteiger partial charge on any atom is -0.453 e. The van der Waals surface area contributed by atoms with Gasteiger partial charge in [-0.2, -0.15) is 0 Å². The molecule has 8 nitrogen and oxygen atoms in total. The molecule has 1 heterocycles. The number of benzene rings is 1. The monoisotopic (exact) mass is 335 g/mol. The molecule has 8 heteroatoms. The smallest absolute Gasteiger partial charge is 0.411 e. The van der Waals surface area contributed by atoms with E-state index in [-0.39, 0.29) is 12.0 Å². The van der Waals surface area contributed by atoms with Crippen LogP contribution in [0.25, 0.3) is 0 Å². The molecule has 0 spiro atoms. The van der Waals surface area contributed by atoms with Crippen molar-refractivity contribution in [2.45, 2.75) is 6.92 Å². The van der Waals surface area contributed by atoms with Crippen LogP contribution in [0.15, 0.2) is 24.3 Å². The van der Waals surface area contributed by atoms with Crippen LogP contribution in [-0.2, 0) is 9.47 Å². The van der Waals surface area contributed by atoms with E-state index in [0.29, 0.717) is 44.0 Å². The molecule has 130 valence electrons. The van der Waals surface area contributed by atoms with E-state index in [1.54, 1.807) is 41.0 Å². The number of nitrogens with one attached hydrogen (secondary N) is 1. The number of piperazine rings is 1. The number of rotatable bonds is 3. The van der Waals surface area contributed by atoms with Gasteiger partial charge < -0.3 is 19.3 Å². The Morgan fingerprint density at radius 2 is 1.62 bits per heavy atom. The van der Waals surface area contributed by atoms with Crippen LogP contribution in [0.1, 0.15) is 17.3 Å². The van der Waals surface area contributed by atoms with Crippen LogP contribution in [0.5, 0.6) is 0 Å². The third-order valence-electron chi connectivity index (χ3n) is 3.65. The van der Waals surface area contributed by atoms with Gasteiger partial charge in [-0.05, 0) is 31.2 Å². The Hall–Kier alpha value is -2.77. The largest absolute Gasteiger partial charge is 0.453 e. The van der Waals surface area contributed by atoms with Crippen LogP contribution < -0.4 is 5.32 Å². The molecule has 0 bridgehead atoms. The van der Waals surface area contributed by atoms with Gasteiger partial charge in [0.05, 0.1) is 13.7 Å². The molecule has 0 unspecified atom stereocenters. The van der Waals surface area contributed by atoms with E-state index in [0.717, 1.165) is 0 Å². The SMILES string of the molecule is CCOC(=O)Nc1ccc(C(=O)N2CCN(C(=O)OC)CC2)cc1. The van der Waals surface area contributed by atoms with Crippen molar-refractivity contribution < 1.29 is 23.9 Å². The van der Waals surface area contributed by atoms with Gasteiger partial charge in [-0.3, -0.25) is 10.1 Å². The van der Waals surface area contributed by atoms with Crippen LogP contribution in [-0.4, -0.2) is 67.8 Å². The molecule has 2 rings (SSSR count). The molecule has 0 saturated carbocycles. The molecular weight excluding hydrogens is 314 g/mol. The molecule has 1 fully saturated rings. The quantitative estimate of drug-likeness (QED) is 0.909. The molecular formula is C16H21N3O5. The highest BCUT2D eigenvalue weighted by molar-refractivity contribution is 5.95. The zero-order chi connectivity index (χ0) is 17.5. The van der Waals surface area contributed by atoms with Gasteiger partial charge in [0.1, 0.15) is 0 Å². The van der Waals surface area contributed by atoms with Gasteiger partial charge in [0, 0.05) is 37.4 Å². The summed E-state index contributed by atoms with van der Waals surface area (Å²) in [6, 6.07) is 6.59. The van der Waals surface area contributed by atoms with Crippen LogP contribution in [0.4, 0.5) is 15.3 Å². The van der Waals surface area contributed by atoms with E-state index < -0.39 is 6.09 Å². The highest BCUT2D eigenvalue weighted by Gasteiger charge is 2.25. The molecule has 1 aliphatic heterocycles. The van der Waals surface area contributed by atoms with Crippen molar-refractivity contribution in [2.24, 2.45) is 0 Å². The maximum absolute atomic E-state index is 12.5. The average molecular weight is 335 g/mol. The first-order valence-corrected chi connectivity index (χ1v) is 7.71. The Morgan fingerprint density at radius 3 is 2.17 bits per heavy atom. The second-order valence-corrected chi connectivity index (χ2v) is 5.17. The summed E-state index contributed by atoms with van der Waals surface area (Å²) < 4.78 is 9.46. The van der Waals surface area contributed by atoms with E-state index >= 15 is 0 Å². The summed E-state index contributed by atoms with van der Waals surface area (Å²) in [7, 11) is 1.34. The summed E-state index contributed by atoms with van der Waals surface area (Å²) >= 11 is 0. The summed E-state index contributed by atoms with van der Waals surface area (Å²) in [5.41, 5.74) is 1.08. The molecule has 24 heavy (non-hydrogen) atoms. The number of hydrogen-bond donors (Lipinski definition) is 1. The molecule has 0 aromatic heterocycles. The lowest BCUT2D eigenvalue weighted by Gasteiger charge is -2.33. The predicted molar refractivity (Wildman–Crippen MR) is 87.0 cm³/mol. The Morgan fingerprint density at radius 1 is 1.04 bits per heavy atom. The summed E-state index contributed by atoms with van der Waals surface area (Å²) in [5, 5.41) is 2.57. The van der Waals surface area contributed by atoms with E-state index in [2.05, 4.69) is 10.1 Å². The summed E-state index contributed by atoms with van der Waals surface area (Å²) in [6.07, 6.45) is -0.910. The van der Waals surface area contributed by atoms with Crippen molar-refractivity contribution in [3.05, 3.63) is 29.8 Å². The standard InChI is InChI=1S/C16H21N3O5/c1-3-24-15(21)17-13-6-4-12(5-7-13)14(20)18-8-10-19(11-9-18)16(22)23-2/h4-7H,3,8-11H2,1-2H3,(H,17,21). The fourth-order valence-corrected chi connectivity index (χ4v) is 2.38. The van der Waals surface area contributed by atoms with Gasteiger partial charge in [-0.1, -0.05) is 0 Å². The van der Waals surface area contributed by atoms with Crippen LogP contribution in [0, 0.1) is 0 Å². The topological polar surface area (TPSA) is 88.2 Å². The normalized spacial score (nSPS) is 14.1. The van der Waals surface area contributed by atoms with E-state index in [4.69, 9.17) is 4.74 Å². The molecule has 0 atom stereocenters. The van der Waals surface area contributed by atoms with Gasteiger partial charge in [0.25, 0.3) is 5.91 Å². The zero-order valence-corrected chi connectivity index (χ0v) is 13.8. The number of anilines is 1. The molecule has 1 aliphatic rings. The van der Waals surface area contributed by atoms with Crippen LogP contribution >= 0.6 is 0 Å². The number of methoxy groups -OCH3 is 1. The highest BCUT2D eigenvalue weighted by Crippen LogP contribution is 2.13. The van der Waals surface area contributed by atoms with Gasteiger partial charge in [-0.15, -0.1) is 0 Å². The third-order valence-corrected chi connectivity index (χ3v) is 3.65. The van der Waals surface area contributed by atoms with Crippen molar-refractivity contribution in [2.75, 3.05) is 45.2 Å². The lowest BCUT2D eigenvalue weighted by atomic mass is 10.1. The van der Waals surface area contributed by atoms with Crippen molar-refractivity contribution in [3.63, 3.8) is 0 Å². The maximum atomic E-state index is 12.5. The number of ether oxygens (including phenoxy) is 2. The first-order chi connectivity index (χ1) is 11.5. The lowest BCUT2D eigenvalue weighted by Crippen LogP contribution is -2.50. The molecule has 1 aromatic rings. The van der Waals surface area contributed by atoms with Gasteiger partial charge in [0.2, 0.25) is 0 Å². The Kier molecular flexibility index (Phi) is 6.00. The van der Waals surface area contributed by atoms with Gasteiger partial charge in [-0.25, -0.2) is 9.59 Å². The Balaban J connectivity index is 1.91. The maximum Gasteiger partial charge on any atom is 0.411 e. The number of carbonyl (C=O) groups excluding carboxylic acids is 3. The van der Waals surface area contributed by atoms with Crippen LogP contribution in [0.2, 0.25) is 0 Å². The number of carbonyl (C=O) groups is 3. The minimum absolute atomic E-state index is 0.109. The van der Waals surface area contributed by atoms with Crippen molar-refractivity contribution in [1.82, 2.24) is 9.80 Å². The molecule has 1 saturated heterocycles. The fourth-order valence-electron chi connectivity index (χ4n) is 2.38.